The summed E-state index contributed by atoms with van der Waals surface area (Å²) in [5.74, 6) is -13.9. The molecule has 0 bridgehead atoms. The zero-order valence-electron chi connectivity index (χ0n) is 31.3. The topological polar surface area (TPSA) is 286 Å². The van der Waals surface area contributed by atoms with Crippen molar-refractivity contribution in [3.05, 3.63) is 97.1 Å². The Labute approximate surface area is 350 Å². The van der Waals surface area contributed by atoms with Gasteiger partial charge in [0, 0.05) is 32.2 Å². The molecule has 0 radical (unpaired) electrons. The Hall–Kier alpha value is -8.83. The molecule has 3 heterocycles. The third kappa shape index (κ3) is 5.08. The maximum Gasteiger partial charge on any atom is 0.208 e. The first-order valence-corrected chi connectivity index (χ1v) is 19.2. The molecular formula is C45H28N4O12S. The van der Waals surface area contributed by atoms with Crippen molar-refractivity contribution in [1.29, 1.82) is 0 Å². The van der Waals surface area contributed by atoms with Crippen LogP contribution in [0.15, 0.2) is 97.1 Å². The maximum atomic E-state index is 12.0. The highest BCUT2D eigenvalue weighted by atomic mass is 32.1. The molecule has 0 amide bonds. The van der Waals surface area contributed by atoms with Gasteiger partial charge in [0.2, 0.25) is 28.7 Å². The van der Waals surface area contributed by atoms with Crippen LogP contribution in [0.4, 0.5) is 0 Å². The summed E-state index contributed by atoms with van der Waals surface area (Å²) in [7, 11) is 0. The summed E-state index contributed by atoms with van der Waals surface area (Å²) in [6, 6.07) is 29.2. The molecule has 10 aromatic rings. The van der Waals surface area contributed by atoms with Crippen LogP contribution in [0.2, 0.25) is 0 Å². The average Bonchev–Trinajstić information content (AvgIpc) is 3.87. The molecular weight excluding hydrogens is 821 g/mol. The van der Waals surface area contributed by atoms with E-state index in [1.165, 1.54) is 11.3 Å². The smallest absolute Gasteiger partial charge is 0.208 e. The molecule has 62 heavy (non-hydrogen) atoms. The molecule has 0 fully saturated rings. The van der Waals surface area contributed by atoms with E-state index in [4.69, 9.17) is 15.0 Å². The number of phenolic OH excluding ortho intramolecular Hbond substituents is 12. The molecule has 0 aliphatic rings. The molecule has 3 aromatic heterocycles. The fourth-order valence-corrected chi connectivity index (χ4v) is 9.14. The molecule has 0 atom stereocenters. The van der Waals surface area contributed by atoms with Gasteiger partial charge < -0.3 is 65.8 Å². The minimum atomic E-state index is -1.38. The van der Waals surface area contributed by atoms with Gasteiger partial charge in [0.25, 0.3) is 0 Å². The van der Waals surface area contributed by atoms with Crippen molar-refractivity contribution in [2.45, 2.75) is 0 Å². The van der Waals surface area contributed by atoms with E-state index >= 15 is 0 Å². The van der Waals surface area contributed by atoms with Gasteiger partial charge in [-0.15, -0.1) is 11.3 Å². The van der Waals surface area contributed by atoms with Crippen molar-refractivity contribution in [3.8, 4) is 120 Å². The van der Waals surface area contributed by atoms with Gasteiger partial charge in [-0.05, 0) is 18.2 Å². The van der Waals surface area contributed by atoms with Crippen LogP contribution in [-0.4, -0.2) is 80.8 Å². The minimum absolute atomic E-state index is 0.123. The van der Waals surface area contributed by atoms with Gasteiger partial charge in [-0.1, -0.05) is 78.9 Å². The summed E-state index contributed by atoms with van der Waals surface area (Å²) in [5, 5.41) is 133. The molecule has 10 rings (SSSR count). The molecule has 0 aliphatic heterocycles. The van der Waals surface area contributed by atoms with Crippen LogP contribution in [0.5, 0.6) is 69.0 Å². The molecule has 0 saturated heterocycles. The number of benzene rings is 7. The summed E-state index contributed by atoms with van der Waals surface area (Å²) in [5.41, 5.74) is -1.08. The minimum Gasteiger partial charge on any atom is -0.506 e. The van der Waals surface area contributed by atoms with Gasteiger partial charge >= 0.3 is 0 Å². The fourth-order valence-electron chi connectivity index (χ4n) is 7.91. The number of aromatic nitrogens is 4. The number of hydrogen-bond donors (Lipinski definition) is 12. The summed E-state index contributed by atoms with van der Waals surface area (Å²) in [6.45, 7) is 0. The lowest BCUT2D eigenvalue weighted by Gasteiger charge is -2.17. The van der Waals surface area contributed by atoms with Crippen LogP contribution in [0.25, 0.3) is 93.0 Å². The number of phenols is 12. The first-order valence-electron chi connectivity index (χ1n) is 18.4. The number of fused-ring (bicyclic) bond motifs is 6. The second kappa shape index (κ2) is 13.3. The van der Waals surface area contributed by atoms with E-state index < -0.39 is 102 Å². The lowest BCUT2D eigenvalue weighted by molar-refractivity contribution is 0.329. The third-order valence-electron chi connectivity index (χ3n) is 10.8. The predicted molar refractivity (Wildman–Crippen MR) is 229 cm³/mol. The van der Waals surface area contributed by atoms with Gasteiger partial charge in [-0.2, -0.15) is 0 Å². The standard InChI is InChI=1S/C45H28N4O12S/c50-30-24-25-29(36(56)40(60)37(57)31(25)51)49(28(24)35(55)32(52)26(30)27-33(53)38(58)41(61)39(59)34(27)54)21-16-15-20(23-19-13-7-8-14-22(19)62-42(21)23)45-47-43(17-9-3-1-4-10-17)46-44(48-45)18-11-5-2-6-12-18/h1-16,50-61H. The Bertz CT molecular complexity index is 3470. The number of rotatable bonds is 5. The van der Waals surface area contributed by atoms with E-state index in [0.29, 0.717) is 38.4 Å². The Balaban J connectivity index is 1.35. The van der Waals surface area contributed by atoms with E-state index in [2.05, 4.69) is 0 Å². The van der Waals surface area contributed by atoms with E-state index in [0.717, 1.165) is 14.7 Å². The van der Waals surface area contributed by atoms with Crippen LogP contribution in [0.1, 0.15) is 0 Å². The second-order valence-corrected chi connectivity index (χ2v) is 15.2. The van der Waals surface area contributed by atoms with Crippen molar-refractivity contribution in [2.75, 3.05) is 0 Å². The van der Waals surface area contributed by atoms with Gasteiger partial charge in [-0.3, -0.25) is 0 Å². The number of nitrogens with zero attached hydrogens (tertiary/aromatic N) is 4. The maximum absolute atomic E-state index is 12.0. The second-order valence-electron chi connectivity index (χ2n) is 14.2. The van der Waals surface area contributed by atoms with Gasteiger partial charge in [0.05, 0.1) is 32.3 Å². The first-order chi connectivity index (χ1) is 29.8. The van der Waals surface area contributed by atoms with Crippen molar-refractivity contribution < 1.29 is 61.3 Å². The Morgan fingerprint density at radius 3 is 1.40 bits per heavy atom. The van der Waals surface area contributed by atoms with Crippen molar-refractivity contribution >= 4 is 53.3 Å². The fraction of sp³-hybridized carbons (Fsp3) is 0. The summed E-state index contributed by atoms with van der Waals surface area (Å²) < 4.78 is 2.30. The van der Waals surface area contributed by atoms with Gasteiger partial charge in [0.15, 0.2) is 52.0 Å². The number of thiophene rings is 1. The molecule has 17 heteroatoms. The highest BCUT2D eigenvalue weighted by molar-refractivity contribution is 7.26. The molecule has 16 nitrogen and oxygen atoms in total. The monoisotopic (exact) mass is 848 g/mol. The normalized spacial score (nSPS) is 11.7. The van der Waals surface area contributed by atoms with Crippen LogP contribution >= 0.6 is 11.3 Å². The molecule has 0 spiro atoms. The van der Waals surface area contributed by atoms with E-state index in [-0.39, 0.29) is 11.5 Å². The Kier molecular flexibility index (Phi) is 8.06. The predicted octanol–water partition coefficient (Wildman–Crippen LogP) is 8.47. The van der Waals surface area contributed by atoms with Crippen LogP contribution in [0, 0.1) is 0 Å². The summed E-state index contributed by atoms with van der Waals surface area (Å²) >= 11 is 1.25. The first kappa shape index (κ1) is 37.4. The average molecular weight is 849 g/mol. The van der Waals surface area contributed by atoms with Crippen LogP contribution in [-0.2, 0) is 0 Å². The van der Waals surface area contributed by atoms with Crippen molar-refractivity contribution in [3.63, 3.8) is 0 Å². The molecule has 12 N–H and O–H groups in total. The molecule has 0 unspecified atom stereocenters. The summed E-state index contributed by atoms with van der Waals surface area (Å²) in [6.07, 6.45) is 0. The Morgan fingerprint density at radius 1 is 0.371 bits per heavy atom. The van der Waals surface area contributed by atoms with E-state index in [1.807, 2.05) is 84.9 Å². The number of aromatic hydroxyl groups is 12. The third-order valence-corrected chi connectivity index (χ3v) is 12.0. The van der Waals surface area contributed by atoms with Crippen molar-refractivity contribution in [2.24, 2.45) is 0 Å². The summed E-state index contributed by atoms with van der Waals surface area (Å²) in [4.78, 5) is 14.7. The molecule has 0 saturated carbocycles. The SMILES string of the molecule is Oc1c(O)c(O)c(-c2c(O)c(O)c3c(c2O)c2c(O)c(O)c(O)c(O)c2n3-c2ccc(-c3nc(-c4ccccc4)nc(-c4ccccc4)n3)c3c2sc2ccccc23)c(O)c1O. The molecule has 7 aromatic carbocycles. The van der Waals surface area contributed by atoms with Crippen LogP contribution < -0.4 is 0 Å². The lowest BCUT2D eigenvalue weighted by Crippen LogP contribution is -2.01. The molecule has 306 valence electrons. The van der Waals surface area contributed by atoms with Crippen molar-refractivity contribution in [1.82, 2.24) is 19.5 Å². The van der Waals surface area contributed by atoms with Crippen LogP contribution in [0.3, 0.4) is 0 Å². The van der Waals surface area contributed by atoms with Gasteiger partial charge in [-0.25, -0.2) is 15.0 Å². The lowest BCUT2D eigenvalue weighted by atomic mass is 9.96. The largest absolute Gasteiger partial charge is 0.506 e. The van der Waals surface area contributed by atoms with E-state index in [1.54, 1.807) is 12.1 Å². The van der Waals surface area contributed by atoms with Gasteiger partial charge in [0.1, 0.15) is 16.8 Å². The van der Waals surface area contributed by atoms with E-state index in [9.17, 15) is 61.3 Å². The highest BCUT2D eigenvalue weighted by Gasteiger charge is 2.36. The molecule has 0 aliphatic carbocycles. The highest BCUT2D eigenvalue weighted by Crippen LogP contribution is 2.64. The Morgan fingerprint density at radius 2 is 0.806 bits per heavy atom. The quantitative estimate of drug-likeness (QED) is 0.0571. The number of hydrogen-bond acceptors (Lipinski definition) is 16. The zero-order chi connectivity index (χ0) is 43.5. The zero-order valence-corrected chi connectivity index (χ0v) is 32.1.